The Morgan fingerprint density at radius 2 is 2.23 bits per heavy atom. The maximum absolute atomic E-state index is 12.4. The summed E-state index contributed by atoms with van der Waals surface area (Å²) in [6, 6.07) is 10.8. The van der Waals surface area contributed by atoms with E-state index in [4.69, 9.17) is 0 Å². The smallest absolute Gasteiger partial charge is 0.238 e. The molecule has 3 nitrogen and oxygen atoms in total. The van der Waals surface area contributed by atoms with E-state index < -0.39 is 0 Å². The highest BCUT2D eigenvalue weighted by atomic mass is 32.1. The first-order valence-electron chi connectivity index (χ1n) is 7.78. The van der Waals surface area contributed by atoms with Crippen LogP contribution in [-0.4, -0.2) is 23.9 Å². The first-order valence-corrected chi connectivity index (χ1v) is 8.66. The molecule has 1 amide bonds. The summed E-state index contributed by atoms with van der Waals surface area (Å²) >= 11 is 1.79. The van der Waals surface area contributed by atoms with Crippen molar-refractivity contribution < 1.29 is 4.79 Å². The Labute approximate surface area is 136 Å². The molecule has 3 rings (SSSR count). The zero-order valence-corrected chi connectivity index (χ0v) is 14.0. The highest BCUT2D eigenvalue weighted by Crippen LogP contribution is 2.34. The number of thiophene rings is 1. The van der Waals surface area contributed by atoms with Gasteiger partial charge >= 0.3 is 0 Å². The van der Waals surface area contributed by atoms with Gasteiger partial charge in [0, 0.05) is 16.6 Å². The first-order chi connectivity index (χ1) is 10.6. The van der Waals surface area contributed by atoms with Crippen LogP contribution < -0.4 is 5.32 Å². The molecule has 116 valence electrons. The van der Waals surface area contributed by atoms with E-state index in [1.807, 2.05) is 19.1 Å². The van der Waals surface area contributed by atoms with Crippen LogP contribution in [0.5, 0.6) is 0 Å². The number of carbonyl (C=O) groups excluding carboxylic acids is 1. The number of hydrogen-bond acceptors (Lipinski definition) is 3. The van der Waals surface area contributed by atoms with Gasteiger partial charge in [-0.25, -0.2) is 0 Å². The fraction of sp³-hybridized carbons (Fsp3) is 0.389. The van der Waals surface area contributed by atoms with Gasteiger partial charge < -0.3 is 5.32 Å². The van der Waals surface area contributed by atoms with Crippen molar-refractivity contribution in [2.45, 2.75) is 32.7 Å². The molecular formula is C18H22N2OS. The normalized spacial score (nSPS) is 18.5. The molecule has 1 unspecified atom stereocenters. The van der Waals surface area contributed by atoms with Crippen LogP contribution in [0.25, 0.3) is 0 Å². The summed E-state index contributed by atoms with van der Waals surface area (Å²) in [6.07, 6.45) is 2.32. The summed E-state index contributed by atoms with van der Waals surface area (Å²) in [7, 11) is 0. The molecule has 2 heterocycles. The zero-order chi connectivity index (χ0) is 15.5. The molecule has 0 bridgehead atoms. The second kappa shape index (κ2) is 6.63. The van der Waals surface area contributed by atoms with Crippen molar-refractivity contribution in [1.82, 2.24) is 4.90 Å². The predicted octanol–water partition coefficient (Wildman–Crippen LogP) is 4.14. The van der Waals surface area contributed by atoms with E-state index >= 15 is 0 Å². The molecule has 0 spiro atoms. The van der Waals surface area contributed by atoms with Crippen molar-refractivity contribution in [3.63, 3.8) is 0 Å². The molecule has 4 heteroatoms. The van der Waals surface area contributed by atoms with Crippen molar-refractivity contribution in [2.75, 3.05) is 18.4 Å². The largest absolute Gasteiger partial charge is 0.325 e. The summed E-state index contributed by atoms with van der Waals surface area (Å²) < 4.78 is 0. The molecule has 2 aromatic rings. The summed E-state index contributed by atoms with van der Waals surface area (Å²) in [5, 5.41) is 5.17. The van der Waals surface area contributed by atoms with Gasteiger partial charge in [0.25, 0.3) is 0 Å². The fourth-order valence-electron chi connectivity index (χ4n) is 3.15. The molecule has 0 aliphatic carbocycles. The Balaban J connectivity index is 1.64. The zero-order valence-electron chi connectivity index (χ0n) is 13.1. The molecule has 1 aliphatic rings. The summed E-state index contributed by atoms with van der Waals surface area (Å²) in [5.74, 6) is 0.0791. The lowest BCUT2D eigenvalue weighted by molar-refractivity contribution is -0.117. The van der Waals surface area contributed by atoms with Crippen LogP contribution in [0.4, 0.5) is 5.69 Å². The first kappa shape index (κ1) is 15.3. The average Bonchev–Trinajstić information content (AvgIpc) is 3.12. The molecule has 22 heavy (non-hydrogen) atoms. The Morgan fingerprint density at radius 3 is 2.95 bits per heavy atom. The number of amides is 1. The van der Waals surface area contributed by atoms with Gasteiger partial charge in [-0.15, -0.1) is 11.3 Å². The Hall–Kier alpha value is -1.65. The second-order valence-corrected chi connectivity index (χ2v) is 6.99. The molecule has 0 radical (unpaired) electrons. The third-order valence-corrected chi connectivity index (χ3v) is 5.21. The van der Waals surface area contributed by atoms with Crippen LogP contribution in [0.1, 0.15) is 34.9 Å². The van der Waals surface area contributed by atoms with Gasteiger partial charge in [-0.3, -0.25) is 9.69 Å². The maximum atomic E-state index is 12.4. The van der Waals surface area contributed by atoms with Crippen molar-refractivity contribution >= 4 is 22.9 Å². The number of nitrogens with one attached hydrogen (secondary N) is 1. The number of carbonyl (C=O) groups is 1. The summed E-state index contributed by atoms with van der Waals surface area (Å²) in [5.41, 5.74) is 3.25. The molecule has 1 fully saturated rings. The van der Waals surface area contributed by atoms with Crippen LogP contribution in [0, 0.1) is 13.8 Å². The van der Waals surface area contributed by atoms with Gasteiger partial charge in [-0.1, -0.05) is 23.8 Å². The highest BCUT2D eigenvalue weighted by molar-refractivity contribution is 7.10. The minimum Gasteiger partial charge on any atom is -0.325 e. The summed E-state index contributed by atoms with van der Waals surface area (Å²) in [6.45, 7) is 5.57. The lowest BCUT2D eigenvalue weighted by atomic mass is 10.1. The van der Waals surface area contributed by atoms with E-state index in [2.05, 4.69) is 40.7 Å². The van der Waals surface area contributed by atoms with Crippen LogP contribution in [-0.2, 0) is 4.79 Å². The standard InChI is InChI=1S/C18H22N2OS/c1-13-7-8-15(14(2)11-13)19-18(21)12-20-9-3-5-16(20)17-6-4-10-22-17/h4,6-8,10-11,16H,3,5,9,12H2,1-2H3,(H,19,21). The number of aryl methyl sites for hydroxylation is 2. The predicted molar refractivity (Wildman–Crippen MR) is 92.4 cm³/mol. The fourth-order valence-corrected chi connectivity index (χ4v) is 4.04. The lowest BCUT2D eigenvalue weighted by Crippen LogP contribution is -2.32. The van der Waals surface area contributed by atoms with Crippen LogP contribution in [0.15, 0.2) is 35.7 Å². The molecule has 1 N–H and O–H groups in total. The number of nitrogens with zero attached hydrogens (tertiary/aromatic N) is 1. The van der Waals surface area contributed by atoms with Gasteiger partial charge in [-0.05, 0) is 56.3 Å². The van der Waals surface area contributed by atoms with Crippen molar-refractivity contribution in [1.29, 1.82) is 0 Å². The SMILES string of the molecule is Cc1ccc(NC(=O)CN2CCCC2c2cccs2)c(C)c1. The lowest BCUT2D eigenvalue weighted by Gasteiger charge is -2.23. The summed E-state index contributed by atoms with van der Waals surface area (Å²) in [4.78, 5) is 16.0. The topological polar surface area (TPSA) is 32.3 Å². The van der Waals surface area contributed by atoms with Crippen molar-refractivity contribution in [3.8, 4) is 0 Å². The number of hydrogen-bond donors (Lipinski definition) is 1. The van der Waals surface area contributed by atoms with Crippen LogP contribution in [0.3, 0.4) is 0 Å². The van der Waals surface area contributed by atoms with Crippen LogP contribution >= 0.6 is 11.3 Å². The molecule has 1 aromatic carbocycles. The molecule has 0 saturated carbocycles. The van der Waals surface area contributed by atoms with E-state index in [9.17, 15) is 4.79 Å². The molecule has 1 saturated heterocycles. The number of benzene rings is 1. The third kappa shape index (κ3) is 3.39. The van der Waals surface area contributed by atoms with Gasteiger partial charge in [0.15, 0.2) is 0 Å². The quantitative estimate of drug-likeness (QED) is 0.920. The van der Waals surface area contributed by atoms with Gasteiger partial charge in [0.2, 0.25) is 5.91 Å². The van der Waals surface area contributed by atoms with Crippen molar-refractivity contribution in [3.05, 3.63) is 51.7 Å². The highest BCUT2D eigenvalue weighted by Gasteiger charge is 2.28. The maximum Gasteiger partial charge on any atom is 0.238 e. The van der Waals surface area contributed by atoms with E-state index in [0.717, 1.165) is 24.2 Å². The molecule has 1 atom stereocenters. The van der Waals surface area contributed by atoms with E-state index in [0.29, 0.717) is 12.6 Å². The molecular weight excluding hydrogens is 292 g/mol. The minimum atomic E-state index is 0.0791. The average molecular weight is 314 g/mol. The van der Waals surface area contributed by atoms with Gasteiger partial charge in [-0.2, -0.15) is 0 Å². The third-order valence-electron chi connectivity index (χ3n) is 4.24. The van der Waals surface area contributed by atoms with Gasteiger partial charge in [0.05, 0.1) is 6.54 Å². The Morgan fingerprint density at radius 1 is 1.36 bits per heavy atom. The monoisotopic (exact) mass is 314 g/mol. The second-order valence-electron chi connectivity index (χ2n) is 6.01. The van der Waals surface area contributed by atoms with E-state index in [1.165, 1.54) is 16.9 Å². The van der Waals surface area contributed by atoms with E-state index in [1.54, 1.807) is 11.3 Å². The van der Waals surface area contributed by atoms with Crippen LogP contribution in [0.2, 0.25) is 0 Å². The van der Waals surface area contributed by atoms with E-state index in [-0.39, 0.29) is 5.91 Å². The Bertz CT molecular complexity index is 651. The number of rotatable bonds is 4. The molecule has 1 aliphatic heterocycles. The number of anilines is 1. The van der Waals surface area contributed by atoms with Crippen molar-refractivity contribution in [2.24, 2.45) is 0 Å². The molecule has 1 aromatic heterocycles. The Kier molecular flexibility index (Phi) is 4.60. The minimum absolute atomic E-state index is 0.0791. The number of likely N-dealkylation sites (tertiary alicyclic amines) is 1. The van der Waals surface area contributed by atoms with Gasteiger partial charge in [0.1, 0.15) is 0 Å².